The molecule has 0 N–H and O–H groups in total. The smallest absolute Gasteiger partial charge is 0.0156 e. The predicted molar refractivity (Wildman–Crippen MR) is 146 cm³/mol. The Labute approximate surface area is 195 Å². The SMILES string of the molecule is Cc1ccc(P(C=CP(c2ccc(C)cc2)c2ccc(C)cc2)c2ccc(C)cc2)cc1. The molecule has 0 amide bonds. The van der Waals surface area contributed by atoms with Crippen molar-refractivity contribution in [2.75, 3.05) is 0 Å². The van der Waals surface area contributed by atoms with Crippen molar-refractivity contribution in [3.05, 3.63) is 131 Å². The Kier molecular flexibility index (Phi) is 7.36. The lowest BCUT2D eigenvalue weighted by molar-refractivity contribution is 1.49. The molecule has 32 heavy (non-hydrogen) atoms. The summed E-state index contributed by atoms with van der Waals surface area (Å²) in [5, 5.41) is 5.59. The third-order valence-electron chi connectivity index (χ3n) is 5.61. The van der Waals surface area contributed by atoms with Gasteiger partial charge in [-0.25, -0.2) is 0 Å². The molecule has 0 aliphatic rings. The van der Waals surface area contributed by atoms with Gasteiger partial charge in [-0.3, -0.25) is 0 Å². The number of hydrogen-bond donors (Lipinski definition) is 0. The van der Waals surface area contributed by atoms with Gasteiger partial charge in [-0.15, -0.1) is 0 Å². The Morgan fingerprint density at radius 3 is 0.719 bits per heavy atom. The van der Waals surface area contributed by atoms with Crippen LogP contribution in [0.3, 0.4) is 0 Å². The fraction of sp³-hybridized carbons (Fsp3) is 0.133. The Bertz CT molecular complexity index is 982. The van der Waals surface area contributed by atoms with Crippen LogP contribution in [0.25, 0.3) is 0 Å². The molecule has 4 aromatic carbocycles. The first-order valence-electron chi connectivity index (χ1n) is 11.0. The third-order valence-corrected chi connectivity index (χ3v) is 10.2. The van der Waals surface area contributed by atoms with Gasteiger partial charge in [0.05, 0.1) is 0 Å². The molecule has 0 radical (unpaired) electrons. The topological polar surface area (TPSA) is 0 Å². The van der Waals surface area contributed by atoms with Gasteiger partial charge in [0.1, 0.15) is 0 Å². The minimum Gasteiger partial charge on any atom is -0.0587 e. The van der Waals surface area contributed by atoms with Crippen LogP contribution in [0.1, 0.15) is 22.3 Å². The summed E-state index contributed by atoms with van der Waals surface area (Å²) in [4.78, 5) is 0. The van der Waals surface area contributed by atoms with Crippen molar-refractivity contribution in [2.45, 2.75) is 27.7 Å². The second kappa shape index (κ2) is 10.4. The second-order valence-corrected chi connectivity index (χ2v) is 12.5. The van der Waals surface area contributed by atoms with Gasteiger partial charge in [-0.05, 0) is 64.8 Å². The molecule has 0 saturated carbocycles. The van der Waals surface area contributed by atoms with Crippen LogP contribution in [0.4, 0.5) is 0 Å². The molecular weight excluding hydrogens is 422 g/mol. The van der Waals surface area contributed by atoms with E-state index in [1.807, 2.05) is 0 Å². The molecule has 4 rings (SSSR count). The maximum Gasteiger partial charge on any atom is -0.0156 e. The largest absolute Gasteiger partial charge is 0.0587 e. The molecule has 0 saturated heterocycles. The van der Waals surface area contributed by atoms with Gasteiger partial charge in [0.15, 0.2) is 0 Å². The highest BCUT2D eigenvalue weighted by Crippen LogP contribution is 2.42. The van der Waals surface area contributed by atoms with Crippen LogP contribution < -0.4 is 21.2 Å². The highest BCUT2D eigenvalue weighted by molar-refractivity contribution is 7.79. The summed E-state index contributed by atoms with van der Waals surface area (Å²) in [5.74, 6) is 4.96. The van der Waals surface area contributed by atoms with Crippen LogP contribution in [0.5, 0.6) is 0 Å². The number of aryl methyl sites for hydroxylation is 4. The number of rotatable bonds is 6. The lowest BCUT2D eigenvalue weighted by atomic mass is 10.2. The zero-order valence-electron chi connectivity index (χ0n) is 19.3. The van der Waals surface area contributed by atoms with E-state index in [0.29, 0.717) is 0 Å². The molecule has 4 aromatic rings. The highest BCUT2D eigenvalue weighted by Gasteiger charge is 2.15. The lowest BCUT2D eigenvalue weighted by Crippen LogP contribution is -2.12. The van der Waals surface area contributed by atoms with Crippen molar-refractivity contribution in [1.29, 1.82) is 0 Å². The Hall–Kier alpha value is -2.52. The fourth-order valence-electron chi connectivity index (χ4n) is 3.60. The molecule has 0 fully saturated rings. The normalized spacial score (nSPS) is 11.6. The van der Waals surface area contributed by atoms with E-state index in [-0.39, 0.29) is 0 Å². The van der Waals surface area contributed by atoms with Crippen molar-refractivity contribution in [3.8, 4) is 0 Å². The summed E-state index contributed by atoms with van der Waals surface area (Å²) in [6.45, 7) is 8.62. The van der Waals surface area contributed by atoms with E-state index in [1.165, 1.54) is 43.5 Å². The number of benzene rings is 4. The van der Waals surface area contributed by atoms with Crippen molar-refractivity contribution in [2.24, 2.45) is 0 Å². The van der Waals surface area contributed by atoms with E-state index in [2.05, 4.69) is 136 Å². The average Bonchev–Trinajstić information content (AvgIpc) is 2.80. The first kappa shape index (κ1) is 22.7. The van der Waals surface area contributed by atoms with Crippen LogP contribution >= 0.6 is 15.8 Å². The predicted octanol–water partition coefficient (Wildman–Crippen LogP) is 6.96. The molecule has 0 atom stereocenters. The zero-order valence-corrected chi connectivity index (χ0v) is 21.1. The van der Waals surface area contributed by atoms with Gasteiger partial charge < -0.3 is 0 Å². The minimum atomic E-state index is -0.566. The first-order chi connectivity index (χ1) is 15.5. The summed E-state index contributed by atoms with van der Waals surface area (Å²) in [6, 6.07) is 36.2. The molecule has 0 aliphatic carbocycles. The molecular formula is C30H30P2. The van der Waals surface area contributed by atoms with Crippen LogP contribution in [0.2, 0.25) is 0 Å². The number of hydrogen-bond acceptors (Lipinski definition) is 0. The fourth-order valence-corrected chi connectivity index (χ4v) is 7.83. The third kappa shape index (κ3) is 5.63. The zero-order chi connectivity index (χ0) is 22.5. The summed E-state index contributed by atoms with van der Waals surface area (Å²) < 4.78 is 0. The first-order valence-corrected chi connectivity index (χ1v) is 13.9. The van der Waals surface area contributed by atoms with Crippen LogP contribution in [-0.2, 0) is 0 Å². The molecule has 0 nitrogen and oxygen atoms in total. The van der Waals surface area contributed by atoms with E-state index >= 15 is 0 Å². The van der Waals surface area contributed by atoms with Crippen LogP contribution in [0.15, 0.2) is 109 Å². The summed E-state index contributed by atoms with van der Waals surface area (Å²) in [5.41, 5.74) is 5.22. The Morgan fingerprint density at radius 2 is 0.531 bits per heavy atom. The molecule has 2 heteroatoms. The maximum absolute atomic E-state index is 2.48. The minimum absolute atomic E-state index is 0.566. The van der Waals surface area contributed by atoms with Crippen molar-refractivity contribution < 1.29 is 0 Å². The lowest BCUT2D eigenvalue weighted by Gasteiger charge is -2.19. The molecule has 0 aliphatic heterocycles. The van der Waals surface area contributed by atoms with Crippen LogP contribution in [0, 0.1) is 27.7 Å². The molecule has 160 valence electrons. The van der Waals surface area contributed by atoms with Gasteiger partial charge in [-0.1, -0.05) is 131 Å². The monoisotopic (exact) mass is 452 g/mol. The molecule has 0 unspecified atom stereocenters. The Morgan fingerprint density at radius 1 is 0.344 bits per heavy atom. The Balaban J connectivity index is 1.77. The summed E-state index contributed by atoms with van der Waals surface area (Å²) >= 11 is 0. The standard InChI is InChI=1S/C30H30P2/c1-23-5-13-27(14-6-23)31(28-15-7-24(2)8-16-28)21-22-32(29-17-9-25(3)10-18-29)30-19-11-26(4)12-20-30/h5-22H,1-4H3. The summed E-state index contributed by atoms with van der Waals surface area (Å²) in [6.07, 6.45) is 0. The molecule has 0 aromatic heterocycles. The maximum atomic E-state index is 2.48. The second-order valence-electron chi connectivity index (χ2n) is 8.38. The van der Waals surface area contributed by atoms with Gasteiger partial charge in [0, 0.05) is 0 Å². The van der Waals surface area contributed by atoms with Gasteiger partial charge in [-0.2, -0.15) is 0 Å². The van der Waals surface area contributed by atoms with Crippen LogP contribution in [-0.4, -0.2) is 0 Å². The van der Waals surface area contributed by atoms with E-state index in [1.54, 1.807) is 0 Å². The molecule has 0 heterocycles. The van der Waals surface area contributed by atoms with E-state index in [0.717, 1.165) is 0 Å². The van der Waals surface area contributed by atoms with E-state index < -0.39 is 15.8 Å². The molecule has 0 spiro atoms. The van der Waals surface area contributed by atoms with Gasteiger partial charge in [0.25, 0.3) is 0 Å². The van der Waals surface area contributed by atoms with Crippen molar-refractivity contribution >= 4 is 37.1 Å². The molecule has 0 bridgehead atoms. The summed E-state index contributed by atoms with van der Waals surface area (Å²) in [7, 11) is -1.13. The van der Waals surface area contributed by atoms with E-state index in [9.17, 15) is 0 Å². The van der Waals surface area contributed by atoms with Crippen molar-refractivity contribution in [1.82, 2.24) is 0 Å². The average molecular weight is 453 g/mol. The van der Waals surface area contributed by atoms with Crippen molar-refractivity contribution in [3.63, 3.8) is 0 Å². The highest BCUT2D eigenvalue weighted by atomic mass is 31.1. The van der Waals surface area contributed by atoms with E-state index in [4.69, 9.17) is 0 Å². The quantitative estimate of drug-likeness (QED) is 0.278. The van der Waals surface area contributed by atoms with Gasteiger partial charge >= 0.3 is 0 Å². The van der Waals surface area contributed by atoms with Gasteiger partial charge in [0.2, 0.25) is 0 Å².